The van der Waals surface area contributed by atoms with Crippen molar-refractivity contribution in [1.82, 2.24) is 19.7 Å². The number of aryl methyl sites for hydroxylation is 2. The summed E-state index contributed by atoms with van der Waals surface area (Å²) in [6.07, 6.45) is 2.96. The van der Waals surface area contributed by atoms with Crippen molar-refractivity contribution >= 4 is 23.4 Å². The zero-order valence-electron chi connectivity index (χ0n) is 21.4. The zero-order chi connectivity index (χ0) is 24.9. The van der Waals surface area contributed by atoms with E-state index in [4.69, 9.17) is 14.8 Å². The van der Waals surface area contributed by atoms with Crippen molar-refractivity contribution in [3.8, 4) is 11.4 Å². The number of carbonyl (C=O) groups excluding carboxylic acids is 1. The Balaban J connectivity index is 1.46. The Morgan fingerprint density at radius 2 is 1.74 bits per heavy atom. The highest BCUT2D eigenvalue weighted by Gasteiger charge is 2.33. The second-order valence-electron chi connectivity index (χ2n) is 9.94. The van der Waals surface area contributed by atoms with E-state index in [-0.39, 0.29) is 18.2 Å². The van der Waals surface area contributed by atoms with Crippen molar-refractivity contribution in [2.24, 2.45) is 0 Å². The number of hydrogen-bond acceptors (Lipinski definition) is 5. The smallest absolute Gasteiger partial charge is 0.326 e. The third-order valence-corrected chi connectivity index (χ3v) is 6.64. The molecule has 0 unspecified atom stereocenters. The van der Waals surface area contributed by atoms with Crippen molar-refractivity contribution in [1.29, 1.82) is 0 Å². The molecule has 1 aromatic carbocycles. The summed E-state index contributed by atoms with van der Waals surface area (Å²) < 4.78 is 7.77. The van der Waals surface area contributed by atoms with E-state index in [0.29, 0.717) is 12.4 Å². The molecule has 1 fully saturated rings. The molecular weight excluding hydrogens is 440 g/mol. The fourth-order valence-corrected chi connectivity index (χ4v) is 5.01. The molecule has 3 aromatic rings. The van der Waals surface area contributed by atoms with Gasteiger partial charge in [-0.25, -0.2) is 14.5 Å². The van der Waals surface area contributed by atoms with Gasteiger partial charge >= 0.3 is 6.03 Å². The molecule has 2 amide bonds. The number of urea groups is 1. The predicted octanol–water partition coefficient (Wildman–Crippen LogP) is 5.02. The summed E-state index contributed by atoms with van der Waals surface area (Å²) in [6, 6.07) is 10.5. The lowest BCUT2D eigenvalue weighted by Crippen LogP contribution is -2.36. The summed E-state index contributed by atoms with van der Waals surface area (Å²) in [5.74, 6) is 2.55. The molecular formula is C27H34N6O2. The monoisotopic (exact) mass is 474 g/mol. The molecule has 0 saturated carbocycles. The van der Waals surface area contributed by atoms with Crippen molar-refractivity contribution in [3.63, 3.8) is 0 Å². The average Bonchev–Trinajstić information content (AvgIpc) is 3.51. The molecule has 2 aliphatic rings. The maximum absolute atomic E-state index is 12.8. The number of hydrogen-bond donors (Lipinski definition) is 0. The molecule has 2 aliphatic heterocycles. The number of ether oxygens (including phenoxy) is 1. The first-order valence-corrected chi connectivity index (χ1v) is 12.4. The summed E-state index contributed by atoms with van der Waals surface area (Å²) >= 11 is 0. The highest BCUT2D eigenvalue weighted by atomic mass is 16.5. The summed E-state index contributed by atoms with van der Waals surface area (Å²) in [5, 5.41) is 4.81. The molecule has 0 N–H and O–H groups in total. The Hall–Kier alpha value is -3.55. The Morgan fingerprint density at radius 3 is 2.43 bits per heavy atom. The summed E-state index contributed by atoms with van der Waals surface area (Å²) in [4.78, 5) is 23.7. The van der Waals surface area contributed by atoms with Crippen molar-refractivity contribution in [2.75, 3.05) is 29.4 Å². The molecule has 0 atom stereocenters. The Morgan fingerprint density at radius 1 is 0.943 bits per heavy atom. The van der Waals surface area contributed by atoms with Crippen LogP contribution in [0.4, 0.5) is 22.1 Å². The van der Waals surface area contributed by atoms with Crippen LogP contribution in [0.3, 0.4) is 0 Å². The molecule has 0 spiro atoms. The number of carbonyl (C=O) groups is 1. The minimum atomic E-state index is 0.0212. The summed E-state index contributed by atoms with van der Waals surface area (Å²) in [6.45, 7) is 14.5. The summed E-state index contributed by atoms with van der Waals surface area (Å²) in [7, 11) is 0. The van der Waals surface area contributed by atoms with Gasteiger partial charge in [-0.2, -0.15) is 0 Å². The van der Waals surface area contributed by atoms with Gasteiger partial charge in [-0.1, -0.05) is 0 Å². The van der Waals surface area contributed by atoms with Gasteiger partial charge in [0.25, 0.3) is 0 Å². The van der Waals surface area contributed by atoms with E-state index in [1.165, 1.54) is 5.56 Å². The van der Waals surface area contributed by atoms with Gasteiger partial charge in [-0.15, -0.1) is 5.10 Å². The number of benzene rings is 1. The Labute approximate surface area is 207 Å². The molecule has 4 heterocycles. The first-order valence-electron chi connectivity index (χ1n) is 12.4. The van der Waals surface area contributed by atoms with Crippen LogP contribution in [0.5, 0.6) is 5.75 Å². The second kappa shape index (κ2) is 8.91. The van der Waals surface area contributed by atoms with Gasteiger partial charge in [0.05, 0.1) is 11.8 Å². The van der Waals surface area contributed by atoms with E-state index in [0.717, 1.165) is 53.7 Å². The first-order chi connectivity index (χ1) is 16.7. The van der Waals surface area contributed by atoms with Gasteiger partial charge in [-0.3, -0.25) is 4.90 Å². The van der Waals surface area contributed by atoms with E-state index in [1.54, 1.807) is 4.90 Å². The van der Waals surface area contributed by atoms with Gasteiger partial charge in [0.2, 0.25) is 0 Å². The Kier molecular flexibility index (Phi) is 5.91. The first kappa shape index (κ1) is 23.2. The summed E-state index contributed by atoms with van der Waals surface area (Å²) in [5.41, 5.74) is 5.42. The molecule has 0 bridgehead atoms. The Bertz CT molecular complexity index is 1260. The van der Waals surface area contributed by atoms with Crippen LogP contribution in [0.25, 0.3) is 5.69 Å². The van der Waals surface area contributed by atoms with Crippen LogP contribution in [0, 0.1) is 13.8 Å². The molecule has 1 saturated heterocycles. The lowest BCUT2D eigenvalue weighted by molar-refractivity contribution is 0.209. The average molecular weight is 475 g/mol. The number of anilines is 3. The quantitative estimate of drug-likeness (QED) is 0.502. The van der Waals surface area contributed by atoms with Crippen LogP contribution in [-0.2, 0) is 6.42 Å². The van der Waals surface area contributed by atoms with Crippen LogP contribution >= 0.6 is 0 Å². The van der Waals surface area contributed by atoms with Gasteiger partial charge < -0.3 is 14.5 Å². The van der Waals surface area contributed by atoms with Gasteiger partial charge in [0.15, 0.2) is 5.82 Å². The third-order valence-electron chi connectivity index (χ3n) is 6.64. The maximum atomic E-state index is 12.8. The highest BCUT2D eigenvalue weighted by molar-refractivity contribution is 5.93. The molecule has 35 heavy (non-hydrogen) atoms. The number of fused-ring (bicyclic) bond motifs is 1. The molecule has 0 aliphatic carbocycles. The van der Waals surface area contributed by atoms with E-state index < -0.39 is 0 Å². The van der Waals surface area contributed by atoms with Crippen molar-refractivity contribution < 1.29 is 9.53 Å². The molecule has 8 nitrogen and oxygen atoms in total. The van der Waals surface area contributed by atoms with E-state index >= 15 is 0 Å². The third kappa shape index (κ3) is 4.22. The highest BCUT2D eigenvalue weighted by Crippen LogP contribution is 2.39. The zero-order valence-corrected chi connectivity index (χ0v) is 21.4. The van der Waals surface area contributed by atoms with Crippen LogP contribution in [0.1, 0.15) is 44.5 Å². The number of aromatic nitrogens is 3. The van der Waals surface area contributed by atoms with E-state index in [1.807, 2.05) is 62.5 Å². The van der Waals surface area contributed by atoms with E-state index in [2.05, 4.69) is 30.0 Å². The molecule has 0 radical (unpaired) electrons. The van der Waals surface area contributed by atoms with Gasteiger partial charge in [0.1, 0.15) is 11.6 Å². The van der Waals surface area contributed by atoms with Crippen molar-refractivity contribution in [2.45, 2.75) is 60.1 Å². The van der Waals surface area contributed by atoms with Crippen LogP contribution in [0.2, 0.25) is 0 Å². The fraction of sp³-hybridized carbons (Fsp3) is 0.444. The van der Waals surface area contributed by atoms with Crippen LogP contribution < -0.4 is 14.5 Å². The fourth-order valence-electron chi connectivity index (χ4n) is 5.01. The molecule has 5 rings (SSSR count). The van der Waals surface area contributed by atoms with Gasteiger partial charge in [-0.05, 0) is 77.8 Å². The number of nitrogens with zero attached hydrogens (tertiary/aromatic N) is 6. The number of pyridine rings is 1. The lowest BCUT2D eigenvalue weighted by Gasteiger charge is -2.22. The largest absolute Gasteiger partial charge is 0.491 e. The standard InChI is InChI=1S/C27H34N6O2/c1-17(2)30-13-14-32(27(30)34)25-10-12-33(29-25)24-16-20(6)28-26-22(24)9-11-31(26)23-8-7-21(15-19(23)5)35-18(3)4/h7-8,10,12,15-18H,9,11,13-14H2,1-6H3. The molecule has 184 valence electrons. The lowest BCUT2D eigenvalue weighted by atomic mass is 10.1. The van der Waals surface area contributed by atoms with Gasteiger partial charge in [0, 0.05) is 54.9 Å². The maximum Gasteiger partial charge on any atom is 0.326 e. The topological polar surface area (TPSA) is 66.7 Å². The second-order valence-corrected chi connectivity index (χ2v) is 9.94. The number of amides is 2. The molecule has 2 aromatic heterocycles. The number of rotatable bonds is 6. The van der Waals surface area contributed by atoms with E-state index in [9.17, 15) is 4.79 Å². The van der Waals surface area contributed by atoms with Crippen LogP contribution in [0.15, 0.2) is 36.5 Å². The normalized spacial score (nSPS) is 15.7. The minimum Gasteiger partial charge on any atom is -0.491 e. The van der Waals surface area contributed by atoms with Crippen molar-refractivity contribution in [3.05, 3.63) is 53.3 Å². The predicted molar refractivity (Wildman–Crippen MR) is 138 cm³/mol. The SMILES string of the molecule is Cc1cc(-n2ccc(N3CCN(C(C)C)C3=O)n2)c2c(n1)N(c1ccc(OC(C)C)cc1C)CC2. The molecule has 8 heteroatoms. The minimum absolute atomic E-state index is 0.0212. The van der Waals surface area contributed by atoms with Crippen LogP contribution in [-0.4, -0.2) is 57.5 Å².